The van der Waals surface area contributed by atoms with Gasteiger partial charge in [-0.25, -0.2) is 4.39 Å². The lowest BCUT2D eigenvalue weighted by Gasteiger charge is -2.08. The molecule has 132 valence electrons. The molecule has 0 aliphatic rings. The minimum absolute atomic E-state index is 0.311. The summed E-state index contributed by atoms with van der Waals surface area (Å²) in [7, 11) is 0. The van der Waals surface area contributed by atoms with Crippen LogP contribution in [0, 0.1) is 5.82 Å². The first-order valence-electron chi connectivity index (χ1n) is 7.58. The standard InChI is InChI=1S/C18H16F4N2O/c1-2-3-13-4-7-15(17(19)10-13)12-24-23-11-14-5-8-16(9-6-14)25-18(20,21)22/h4-12H,2-3H2,1H3. The lowest BCUT2D eigenvalue weighted by Crippen LogP contribution is -2.16. The summed E-state index contributed by atoms with van der Waals surface area (Å²) in [5.41, 5.74) is 1.76. The third-order valence-corrected chi connectivity index (χ3v) is 3.19. The predicted octanol–water partition coefficient (Wildman–Crippen LogP) is 5.13. The van der Waals surface area contributed by atoms with E-state index in [1.807, 2.05) is 13.0 Å². The van der Waals surface area contributed by atoms with Crippen molar-refractivity contribution < 1.29 is 22.3 Å². The van der Waals surface area contributed by atoms with Gasteiger partial charge in [-0.15, -0.1) is 13.2 Å². The van der Waals surface area contributed by atoms with E-state index < -0.39 is 6.36 Å². The molecule has 0 aromatic heterocycles. The number of hydrogen-bond acceptors (Lipinski definition) is 3. The Kier molecular flexibility index (Phi) is 6.27. The average Bonchev–Trinajstić information content (AvgIpc) is 2.53. The van der Waals surface area contributed by atoms with Gasteiger partial charge in [-0.1, -0.05) is 25.5 Å². The summed E-state index contributed by atoms with van der Waals surface area (Å²) in [5, 5.41) is 7.50. The maximum Gasteiger partial charge on any atom is 0.573 e. The first-order valence-corrected chi connectivity index (χ1v) is 7.58. The fraction of sp³-hybridized carbons (Fsp3) is 0.222. The molecule has 0 spiro atoms. The van der Waals surface area contributed by atoms with E-state index in [1.165, 1.54) is 42.8 Å². The molecule has 0 aliphatic heterocycles. The van der Waals surface area contributed by atoms with Gasteiger partial charge < -0.3 is 4.74 Å². The molecule has 3 nitrogen and oxygen atoms in total. The van der Waals surface area contributed by atoms with Crippen molar-refractivity contribution in [2.45, 2.75) is 26.1 Å². The number of halogens is 4. The van der Waals surface area contributed by atoms with Crippen molar-refractivity contribution in [3.05, 3.63) is 65.0 Å². The van der Waals surface area contributed by atoms with Crippen LogP contribution in [0.3, 0.4) is 0 Å². The number of benzene rings is 2. The molecule has 7 heteroatoms. The largest absolute Gasteiger partial charge is 0.573 e. The Bertz CT molecular complexity index is 753. The smallest absolute Gasteiger partial charge is 0.406 e. The van der Waals surface area contributed by atoms with E-state index in [1.54, 1.807) is 6.07 Å². The average molecular weight is 352 g/mol. The number of nitrogens with zero attached hydrogens (tertiary/aromatic N) is 2. The molecule has 0 unspecified atom stereocenters. The summed E-state index contributed by atoms with van der Waals surface area (Å²) >= 11 is 0. The van der Waals surface area contributed by atoms with E-state index in [0.29, 0.717) is 11.1 Å². The monoisotopic (exact) mass is 352 g/mol. The lowest BCUT2D eigenvalue weighted by molar-refractivity contribution is -0.274. The van der Waals surface area contributed by atoms with Crippen LogP contribution in [0.15, 0.2) is 52.7 Å². The van der Waals surface area contributed by atoms with Gasteiger partial charge in [-0.2, -0.15) is 10.2 Å². The van der Waals surface area contributed by atoms with Crippen LogP contribution >= 0.6 is 0 Å². The van der Waals surface area contributed by atoms with Crippen LogP contribution in [0.5, 0.6) is 5.75 Å². The fourth-order valence-electron chi connectivity index (χ4n) is 2.07. The first-order chi connectivity index (χ1) is 11.9. The second kappa shape index (κ2) is 8.41. The molecular weight excluding hydrogens is 336 g/mol. The van der Waals surface area contributed by atoms with Crippen LogP contribution in [0.2, 0.25) is 0 Å². The third-order valence-electron chi connectivity index (χ3n) is 3.19. The minimum Gasteiger partial charge on any atom is -0.406 e. The van der Waals surface area contributed by atoms with Crippen molar-refractivity contribution in [2.75, 3.05) is 0 Å². The molecule has 0 bridgehead atoms. The van der Waals surface area contributed by atoms with E-state index in [9.17, 15) is 17.6 Å². The molecular formula is C18H16F4N2O. The highest BCUT2D eigenvalue weighted by Gasteiger charge is 2.30. The zero-order chi connectivity index (χ0) is 18.3. The molecule has 2 rings (SSSR count). The number of aryl methyl sites for hydroxylation is 1. The molecule has 0 radical (unpaired) electrons. The molecule has 0 saturated carbocycles. The molecule has 0 atom stereocenters. The van der Waals surface area contributed by atoms with Crippen molar-refractivity contribution >= 4 is 12.4 Å². The highest BCUT2D eigenvalue weighted by molar-refractivity contribution is 5.83. The van der Waals surface area contributed by atoms with E-state index in [-0.39, 0.29) is 11.6 Å². The Labute approximate surface area is 142 Å². The van der Waals surface area contributed by atoms with Gasteiger partial charge in [0.05, 0.1) is 12.4 Å². The molecule has 2 aromatic carbocycles. The van der Waals surface area contributed by atoms with E-state index in [4.69, 9.17) is 0 Å². The second-order valence-corrected chi connectivity index (χ2v) is 5.21. The Morgan fingerprint density at radius 1 is 1.00 bits per heavy atom. The summed E-state index contributed by atoms with van der Waals surface area (Å²) in [5.74, 6) is -0.694. The van der Waals surface area contributed by atoms with Gasteiger partial charge in [0.15, 0.2) is 0 Å². The summed E-state index contributed by atoms with van der Waals surface area (Å²) in [6.07, 6.45) is -0.360. The van der Waals surface area contributed by atoms with Gasteiger partial charge in [-0.3, -0.25) is 0 Å². The highest BCUT2D eigenvalue weighted by Crippen LogP contribution is 2.22. The molecule has 0 amide bonds. The molecule has 0 aliphatic carbocycles. The highest BCUT2D eigenvalue weighted by atomic mass is 19.4. The summed E-state index contributed by atoms with van der Waals surface area (Å²) in [4.78, 5) is 0. The minimum atomic E-state index is -4.73. The SMILES string of the molecule is CCCc1ccc(C=NN=Cc2ccc(OC(F)(F)F)cc2)c(F)c1. The first kappa shape index (κ1) is 18.6. The lowest BCUT2D eigenvalue weighted by atomic mass is 10.1. The van der Waals surface area contributed by atoms with Gasteiger partial charge in [0, 0.05) is 5.56 Å². The molecule has 0 N–H and O–H groups in total. The molecule has 0 saturated heterocycles. The van der Waals surface area contributed by atoms with Gasteiger partial charge >= 0.3 is 6.36 Å². The number of rotatable bonds is 6. The van der Waals surface area contributed by atoms with Crippen molar-refractivity contribution in [1.82, 2.24) is 0 Å². The number of hydrogen-bond donors (Lipinski definition) is 0. The van der Waals surface area contributed by atoms with Gasteiger partial charge in [0.25, 0.3) is 0 Å². The predicted molar refractivity (Wildman–Crippen MR) is 88.7 cm³/mol. The van der Waals surface area contributed by atoms with Crippen LogP contribution < -0.4 is 4.74 Å². The molecule has 0 heterocycles. The topological polar surface area (TPSA) is 34.0 Å². The van der Waals surface area contributed by atoms with Crippen LogP contribution in [-0.4, -0.2) is 18.8 Å². The zero-order valence-corrected chi connectivity index (χ0v) is 13.4. The van der Waals surface area contributed by atoms with Gasteiger partial charge in [0.1, 0.15) is 11.6 Å². The quantitative estimate of drug-likeness (QED) is 0.403. The van der Waals surface area contributed by atoms with Crippen molar-refractivity contribution in [3.8, 4) is 5.75 Å². The third kappa shape index (κ3) is 6.37. The van der Waals surface area contributed by atoms with Crippen LogP contribution in [-0.2, 0) is 6.42 Å². The zero-order valence-electron chi connectivity index (χ0n) is 13.4. The van der Waals surface area contributed by atoms with E-state index in [0.717, 1.165) is 18.4 Å². The summed E-state index contributed by atoms with van der Waals surface area (Å²) in [6, 6.07) is 10.1. The second-order valence-electron chi connectivity index (χ2n) is 5.21. The normalized spacial score (nSPS) is 12.2. The van der Waals surface area contributed by atoms with E-state index >= 15 is 0 Å². The molecule has 2 aromatic rings. The van der Waals surface area contributed by atoms with Crippen LogP contribution in [0.4, 0.5) is 17.6 Å². The Morgan fingerprint density at radius 2 is 1.68 bits per heavy atom. The Hall–Kier alpha value is -2.70. The van der Waals surface area contributed by atoms with E-state index in [2.05, 4.69) is 14.9 Å². The number of ether oxygens (including phenoxy) is 1. The Morgan fingerprint density at radius 3 is 2.28 bits per heavy atom. The molecule has 0 fully saturated rings. The summed E-state index contributed by atoms with van der Waals surface area (Å²) < 4.78 is 53.8. The number of alkyl halides is 3. The van der Waals surface area contributed by atoms with Crippen LogP contribution in [0.25, 0.3) is 0 Å². The van der Waals surface area contributed by atoms with Gasteiger partial charge in [-0.05, 0) is 47.9 Å². The maximum absolute atomic E-state index is 13.9. The fourth-order valence-corrected chi connectivity index (χ4v) is 2.07. The Balaban J connectivity index is 1.97. The van der Waals surface area contributed by atoms with Gasteiger partial charge in [0.2, 0.25) is 0 Å². The van der Waals surface area contributed by atoms with Crippen molar-refractivity contribution in [2.24, 2.45) is 10.2 Å². The van der Waals surface area contributed by atoms with Crippen molar-refractivity contribution in [3.63, 3.8) is 0 Å². The molecule has 25 heavy (non-hydrogen) atoms. The van der Waals surface area contributed by atoms with Crippen molar-refractivity contribution in [1.29, 1.82) is 0 Å². The van der Waals surface area contributed by atoms with Crippen LogP contribution in [0.1, 0.15) is 30.0 Å². The maximum atomic E-state index is 13.9. The summed E-state index contributed by atoms with van der Waals surface area (Å²) in [6.45, 7) is 2.02.